The Hall–Kier alpha value is -0.900. The quantitative estimate of drug-likeness (QED) is 0.754. The molecule has 86 valence electrons. The lowest BCUT2D eigenvalue weighted by Crippen LogP contribution is -2.40. The summed E-state index contributed by atoms with van der Waals surface area (Å²) in [5.41, 5.74) is 0. The SMILES string of the molecule is COCC(=O)NC1CCC(C(C)=O)CC1. The summed E-state index contributed by atoms with van der Waals surface area (Å²) in [5.74, 6) is 0.418. The maximum Gasteiger partial charge on any atom is 0.246 e. The van der Waals surface area contributed by atoms with Crippen LogP contribution in [0.5, 0.6) is 0 Å². The Morgan fingerprint density at radius 1 is 1.27 bits per heavy atom. The fraction of sp³-hybridized carbons (Fsp3) is 0.818. The minimum Gasteiger partial charge on any atom is -0.375 e. The van der Waals surface area contributed by atoms with E-state index in [1.165, 1.54) is 7.11 Å². The number of ether oxygens (including phenoxy) is 1. The van der Waals surface area contributed by atoms with E-state index in [2.05, 4.69) is 5.32 Å². The number of rotatable bonds is 4. The number of nitrogens with one attached hydrogen (secondary N) is 1. The van der Waals surface area contributed by atoms with Crippen LogP contribution >= 0.6 is 0 Å². The lowest BCUT2D eigenvalue weighted by Gasteiger charge is -2.27. The number of hydrogen-bond donors (Lipinski definition) is 1. The molecule has 1 aliphatic rings. The molecule has 1 fully saturated rings. The number of amides is 1. The smallest absolute Gasteiger partial charge is 0.246 e. The predicted octanol–water partition coefficient (Wildman–Crippen LogP) is 0.897. The summed E-state index contributed by atoms with van der Waals surface area (Å²) < 4.78 is 4.74. The van der Waals surface area contributed by atoms with Crippen molar-refractivity contribution in [3.8, 4) is 0 Å². The van der Waals surface area contributed by atoms with Crippen molar-refractivity contribution in [2.75, 3.05) is 13.7 Å². The lowest BCUT2D eigenvalue weighted by atomic mass is 9.84. The third-order valence-electron chi connectivity index (χ3n) is 2.94. The fourth-order valence-corrected chi connectivity index (χ4v) is 2.04. The van der Waals surface area contributed by atoms with Crippen LogP contribution in [0.25, 0.3) is 0 Å². The standard InChI is InChI=1S/C11H19NO3/c1-8(13)9-3-5-10(6-4-9)12-11(14)7-15-2/h9-10H,3-7H2,1-2H3,(H,12,14). The summed E-state index contributed by atoms with van der Waals surface area (Å²) in [4.78, 5) is 22.3. The first-order valence-electron chi connectivity index (χ1n) is 5.42. The Morgan fingerprint density at radius 3 is 2.33 bits per heavy atom. The number of ketones is 1. The molecule has 0 aliphatic heterocycles. The zero-order valence-electron chi connectivity index (χ0n) is 9.41. The molecular weight excluding hydrogens is 194 g/mol. The van der Waals surface area contributed by atoms with E-state index in [4.69, 9.17) is 4.74 Å². The number of carbonyl (C=O) groups is 2. The summed E-state index contributed by atoms with van der Waals surface area (Å²) in [6.07, 6.45) is 3.60. The van der Waals surface area contributed by atoms with Gasteiger partial charge in [-0.05, 0) is 32.6 Å². The van der Waals surface area contributed by atoms with E-state index in [0.29, 0.717) is 0 Å². The molecule has 4 nitrogen and oxygen atoms in total. The second kappa shape index (κ2) is 5.85. The maximum atomic E-state index is 11.2. The molecule has 0 aromatic carbocycles. The predicted molar refractivity (Wildman–Crippen MR) is 56.4 cm³/mol. The first-order valence-corrected chi connectivity index (χ1v) is 5.42. The summed E-state index contributed by atoms with van der Waals surface area (Å²) in [6, 6.07) is 0.225. The third kappa shape index (κ3) is 4.00. The average Bonchev–Trinajstić information content (AvgIpc) is 2.18. The Kier molecular flexibility index (Phi) is 4.75. The van der Waals surface area contributed by atoms with Gasteiger partial charge in [-0.2, -0.15) is 0 Å². The van der Waals surface area contributed by atoms with E-state index >= 15 is 0 Å². The largest absolute Gasteiger partial charge is 0.375 e. The van der Waals surface area contributed by atoms with Crippen molar-refractivity contribution in [3.63, 3.8) is 0 Å². The monoisotopic (exact) mass is 213 g/mol. The van der Waals surface area contributed by atoms with Crippen LogP contribution in [0, 0.1) is 5.92 Å². The van der Waals surface area contributed by atoms with Gasteiger partial charge in [0, 0.05) is 19.1 Å². The molecule has 0 aromatic heterocycles. The Balaban J connectivity index is 2.25. The van der Waals surface area contributed by atoms with Gasteiger partial charge < -0.3 is 10.1 Å². The van der Waals surface area contributed by atoms with Gasteiger partial charge in [0.25, 0.3) is 0 Å². The normalized spacial score (nSPS) is 26.0. The molecule has 0 bridgehead atoms. The number of carbonyl (C=O) groups excluding carboxylic acids is 2. The van der Waals surface area contributed by atoms with Crippen molar-refractivity contribution in [1.29, 1.82) is 0 Å². The molecule has 0 heterocycles. The molecule has 1 rings (SSSR count). The summed E-state index contributed by atoms with van der Waals surface area (Å²) >= 11 is 0. The van der Waals surface area contributed by atoms with Crippen LogP contribution in [0.3, 0.4) is 0 Å². The molecular formula is C11H19NO3. The van der Waals surface area contributed by atoms with Crippen molar-refractivity contribution < 1.29 is 14.3 Å². The van der Waals surface area contributed by atoms with E-state index < -0.39 is 0 Å². The molecule has 0 spiro atoms. The Bertz CT molecular complexity index is 232. The molecule has 1 saturated carbocycles. The Labute approximate surface area is 90.4 Å². The van der Waals surface area contributed by atoms with Crippen molar-refractivity contribution in [2.24, 2.45) is 5.92 Å². The molecule has 0 atom stereocenters. The van der Waals surface area contributed by atoms with E-state index in [-0.39, 0.29) is 30.3 Å². The highest BCUT2D eigenvalue weighted by atomic mass is 16.5. The average molecular weight is 213 g/mol. The molecule has 4 heteroatoms. The van der Waals surface area contributed by atoms with Gasteiger partial charge in [-0.1, -0.05) is 0 Å². The highest BCUT2D eigenvalue weighted by Gasteiger charge is 2.24. The summed E-state index contributed by atoms with van der Waals surface area (Å²) in [5, 5.41) is 2.90. The van der Waals surface area contributed by atoms with Crippen LogP contribution in [0.4, 0.5) is 0 Å². The van der Waals surface area contributed by atoms with E-state index in [1.54, 1.807) is 6.92 Å². The van der Waals surface area contributed by atoms with Crippen molar-refractivity contribution in [2.45, 2.75) is 38.6 Å². The Morgan fingerprint density at radius 2 is 1.87 bits per heavy atom. The number of Topliss-reactive ketones (excluding diaryl/α,β-unsaturated/α-hetero) is 1. The van der Waals surface area contributed by atoms with Gasteiger partial charge in [-0.25, -0.2) is 0 Å². The van der Waals surface area contributed by atoms with Crippen LogP contribution in [-0.2, 0) is 14.3 Å². The highest BCUT2D eigenvalue weighted by Crippen LogP contribution is 2.24. The van der Waals surface area contributed by atoms with Crippen molar-refractivity contribution in [3.05, 3.63) is 0 Å². The third-order valence-corrected chi connectivity index (χ3v) is 2.94. The van der Waals surface area contributed by atoms with Crippen LogP contribution in [0.1, 0.15) is 32.6 Å². The topological polar surface area (TPSA) is 55.4 Å². The first-order chi connectivity index (χ1) is 7.13. The minimum absolute atomic E-state index is 0.0659. The maximum absolute atomic E-state index is 11.2. The number of methoxy groups -OCH3 is 1. The van der Waals surface area contributed by atoms with Gasteiger partial charge in [0.2, 0.25) is 5.91 Å². The molecule has 1 N–H and O–H groups in total. The molecule has 1 aliphatic carbocycles. The molecule has 0 radical (unpaired) electrons. The van der Waals surface area contributed by atoms with Crippen LogP contribution in [0.2, 0.25) is 0 Å². The summed E-state index contributed by atoms with van der Waals surface area (Å²) in [6.45, 7) is 1.77. The fourth-order valence-electron chi connectivity index (χ4n) is 2.04. The molecule has 0 saturated heterocycles. The van der Waals surface area contributed by atoms with Gasteiger partial charge in [0.15, 0.2) is 0 Å². The van der Waals surface area contributed by atoms with E-state index in [9.17, 15) is 9.59 Å². The van der Waals surface area contributed by atoms with Gasteiger partial charge in [-0.15, -0.1) is 0 Å². The minimum atomic E-state index is -0.0659. The van der Waals surface area contributed by atoms with Crippen LogP contribution in [0.15, 0.2) is 0 Å². The lowest BCUT2D eigenvalue weighted by molar-refractivity contribution is -0.125. The van der Waals surface area contributed by atoms with Gasteiger partial charge in [-0.3, -0.25) is 9.59 Å². The zero-order valence-corrected chi connectivity index (χ0v) is 9.41. The molecule has 15 heavy (non-hydrogen) atoms. The van der Waals surface area contributed by atoms with Crippen molar-refractivity contribution in [1.82, 2.24) is 5.32 Å². The van der Waals surface area contributed by atoms with Crippen LogP contribution < -0.4 is 5.32 Å². The second-order valence-corrected chi connectivity index (χ2v) is 4.16. The first kappa shape index (κ1) is 12.2. The number of hydrogen-bond acceptors (Lipinski definition) is 3. The van der Waals surface area contributed by atoms with Gasteiger partial charge in [0.1, 0.15) is 12.4 Å². The van der Waals surface area contributed by atoms with Crippen molar-refractivity contribution >= 4 is 11.7 Å². The van der Waals surface area contributed by atoms with Gasteiger partial charge >= 0.3 is 0 Å². The van der Waals surface area contributed by atoms with E-state index in [1.807, 2.05) is 0 Å². The zero-order chi connectivity index (χ0) is 11.3. The van der Waals surface area contributed by atoms with Gasteiger partial charge in [0.05, 0.1) is 0 Å². The highest BCUT2D eigenvalue weighted by molar-refractivity contribution is 5.79. The summed E-state index contributed by atoms with van der Waals surface area (Å²) in [7, 11) is 1.51. The molecule has 0 unspecified atom stereocenters. The van der Waals surface area contributed by atoms with Crippen LogP contribution in [-0.4, -0.2) is 31.4 Å². The molecule has 0 aromatic rings. The van der Waals surface area contributed by atoms with E-state index in [0.717, 1.165) is 25.7 Å². The second-order valence-electron chi connectivity index (χ2n) is 4.16. The molecule has 1 amide bonds.